The van der Waals surface area contributed by atoms with E-state index in [9.17, 15) is 14.0 Å². The van der Waals surface area contributed by atoms with E-state index in [1.54, 1.807) is 6.07 Å². The van der Waals surface area contributed by atoms with Crippen LogP contribution in [0.25, 0.3) is 0 Å². The van der Waals surface area contributed by atoms with E-state index < -0.39 is 30.3 Å². The maximum absolute atomic E-state index is 13.5. The van der Waals surface area contributed by atoms with Crippen LogP contribution in [0.15, 0.2) is 35.3 Å². The number of carboxylic acid groups (broad SMARTS) is 1. The molecular formula is C14H15BrFNO5. The van der Waals surface area contributed by atoms with Crippen LogP contribution in [0.4, 0.5) is 4.39 Å². The lowest BCUT2D eigenvalue weighted by Crippen LogP contribution is -2.45. The number of carbonyl (C=O) groups is 2. The van der Waals surface area contributed by atoms with Crippen LogP contribution in [0.5, 0.6) is 5.75 Å². The third-order valence-corrected chi connectivity index (χ3v) is 2.90. The molecule has 0 radical (unpaired) electrons. The minimum atomic E-state index is -1.24. The summed E-state index contributed by atoms with van der Waals surface area (Å²) in [7, 11) is 0. The van der Waals surface area contributed by atoms with Crippen LogP contribution in [0.2, 0.25) is 0 Å². The van der Waals surface area contributed by atoms with E-state index in [0.29, 0.717) is 4.47 Å². The van der Waals surface area contributed by atoms with Crippen molar-refractivity contribution in [3.05, 3.63) is 41.1 Å². The topological polar surface area (TPSA) is 84.9 Å². The minimum Gasteiger partial charge on any atom is -0.481 e. The first-order valence-corrected chi connectivity index (χ1v) is 7.02. The fourth-order valence-corrected chi connectivity index (χ4v) is 1.75. The SMILES string of the molecule is C=CCOCC(NC(=O)COc1ccc(Br)cc1F)C(=O)O. The van der Waals surface area contributed by atoms with E-state index in [0.717, 1.165) is 0 Å². The fourth-order valence-electron chi connectivity index (χ4n) is 1.42. The smallest absolute Gasteiger partial charge is 0.328 e. The Balaban J connectivity index is 2.49. The summed E-state index contributed by atoms with van der Waals surface area (Å²) >= 11 is 3.09. The van der Waals surface area contributed by atoms with Gasteiger partial charge >= 0.3 is 5.97 Å². The van der Waals surface area contributed by atoms with Gasteiger partial charge in [0.2, 0.25) is 0 Å². The van der Waals surface area contributed by atoms with Gasteiger partial charge in [0.25, 0.3) is 5.91 Å². The zero-order chi connectivity index (χ0) is 16.5. The van der Waals surface area contributed by atoms with E-state index in [1.807, 2.05) is 0 Å². The van der Waals surface area contributed by atoms with E-state index >= 15 is 0 Å². The molecule has 0 aliphatic heterocycles. The normalized spacial score (nSPS) is 11.5. The summed E-state index contributed by atoms with van der Waals surface area (Å²) in [6, 6.07) is 2.88. The average Bonchev–Trinajstić information content (AvgIpc) is 2.45. The second kappa shape index (κ2) is 9.16. The maximum atomic E-state index is 13.5. The zero-order valence-electron chi connectivity index (χ0n) is 11.6. The van der Waals surface area contributed by atoms with Crippen molar-refractivity contribution in [3.8, 4) is 5.75 Å². The predicted molar refractivity (Wildman–Crippen MR) is 80.2 cm³/mol. The Morgan fingerprint density at radius 1 is 1.50 bits per heavy atom. The van der Waals surface area contributed by atoms with Gasteiger partial charge in [-0.15, -0.1) is 6.58 Å². The molecule has 0 heterocycles. The number of rotatable bonds is 9. The lowest BCUT2D eigenvalue weighted by Gasteiger charge is -2.14. The predicted octanol–water partition coefficient (Wildman–Crippen LogP) is 1.74. The lowest BCUT2D eigenvalue weighted by molar-refractivity contribution is -0.143. The van der Waals surface area contributed by atoms with Crippen molar-refractivity contribution in [3.63, 3.8) is 0 Å². The van der Waals surface area contributed by atoms with Crippen molar-refractivity contribution < 1.29 is 28.6 Å². The van der Waals surface area contributed by atoms with E-state index in [1.165, 1.54) is 18.2 Å². The van der Waals surface area contributed by atoms with Crippen LogP contribution in [-0.4, -0.2) is 42.8 Å². The number of halogens is 2. The highest BCUT2D eigenvalue weighted by Crippen LogP contribution is 2.21. The standard InChI is InChI=1S/C14H15BrFNO5/c1-2-5-21-7-11(14(19)20)17-13(18)8-22-12-4-3-9(15)6-10(12)16/h2-4,6,11H,1,5,7-8H2,(H,17,18)(H,19,20). The second-order valence-corrected chi connectivity index (χ2v) is 5.06. The molecule has 1 amide bonds. The van der Waals surface area contributed by atoms with Gasteiger partial charge in [-0.05, 0) is 18.2 Å². The van der Waals surface area contributed by atoms with Crippen molar-refractivity contribution in [2.24, 2.45) is 0 Å². The quantitative estimate of drug-likeness (QED) is 0.507. The molecule has 0 bridgehead atoms. The number of hydrogen-bond donors (Lipinski definition) is 2. The van der Waals surface area contributed by atoms with Gasteiger partial charge in [0.1, 0.15) is 0 Å². The molecule has 0 aliphatic rings. The van der Waals surface area contributed by atoms with Crippen molar-refractivity contribution in [1.82, 2.24) is 5.32 Å². The molecule has 1 atom stereocenters. The Kier molecular flexibility index (Phi) is 7.55. The molecule has 0 saturated carbocycles. The number of carbonyl (C=O) groups excluding carboxylic acids is 1. The second-order valence-electron chi connectivity index (χ2n) is 4.15. The molecule has 0 saturated heterocycles. The zero-order valence-corrected chi connectivity index (χ0v) is 13.1. The van der Waals surface area contributed by atoms with E-state index in [4.69, 9.17) is 14.6 Å². The number of aliphatic carboxylic acids is 1. The van der Waals surface area contributed by atoms with Crippen molar-refractivity contribution in [2.75, 3.05) is 19.8 Å². The third-order valence-electron chi connectivity index (χ3n) is 2.41. The molecule has 1 aromatic carbocycles. The maximum Gasteiger partial charge on any atom is 0.328 e. The monoisotopic (exact) mass is 375 g/mol. The van der Waals surface area contributed by atoms with Crippen LogP contribution >= 0.6 is 15.9 Å². The van der Waals surface area contributed by atoms with Gasteiger partial charge in [0, 0.05) is 4.47 Å². The Hall–Kier alpha value is -1.93. The first-order chi connectivity index (χ1) is 10.4. The van der Waals surface area contributed by atoms with Crippen molar-refractivity contribution in [1.29, 1.82) is 0 Å². The summed E-state index contributed by atoms with van der Waals surface area (Å²) in [6.45, 7) is 2.87. The van der Waals surface area contributed by atoms with Gasteiger partial charge in [0.15, 0.2) is 24.2 Å². The van der Waals surface area contributed by atoms with Gasteiger partial charge in [-0.25, -0.2) is 9.18 Å². The number of carboxylic acids is 1. The van der Waals surface area contributed by atoms with Gasteiger partial charge in [0.05, 0.1) is 13.2 Å². The molecule has 120 valence electrons. The highest BCUT2D eigenvalue weighted by atomic mass is 79.9. The van der Waals surface area contributed by atoms with Crippen molar-refractivity contribution in [2.45, 2.75) is 6.04 Å². The number of nitrogens with one attached hydrogen (secondary N) is 1. The molecular weight excluding hydrogens is 361 g/mol. The van der Waals surface area contributed by atoms with Gasteiger partial charge in [-0.3, -0.25) is 4.79 Å². The molecule has 1 unspecified atom stereocenters. The van der Waals surface area contributed by atoms with Crippen LogP contribution in [-0.2, 0) is 14.3 Å². The third kappa shape index (κ3) is 6.23. The molecule has 8 heteroatoms. The van der Waals surface area contributed by atoms with Crippen LogP contribution in [0.3, 0.4) is 0 Å². The Morgan fingerprint density at radius 3 is 2.82 bits per heavy atom. The molecule has 1 rings (SSSR count). The average molecular weight is 376 g/mol. The summed E-state index contributed by atoms with van der Waals surface area (Å²) < 4.78 is 24.0. The van der Waals surface area contributed by atoms with E-state index in [2.05, 4.69) is 27.8 Å². The van der Waals surface area contributed by atoms with Crippen LogP contribution < -0.4 is 10.1 Å². The molecule has 1 aromatic rings. The Bertz CT molecular complexity index is 552. The highest BCUT2D eigenvalue weighted by molar-refractivity contribution is 9.10. The molecule has 0 aromatic heterocycles. The Morgan fingerprint density at radius 2 is 2.23 bits per heavy atom. The van der Waals surface area contributed by atoms with Crippen molar-refractivity contribution >= 4 is 27.8 Å². The molecule has 22 heavy (non-hydrogen) atoms. The van der Waals surface area contributed by atoms with Gasteiger partial charge in [-0.2, -0.15) is 0 Å². The number of amides is 1. The summed E-state index contributed by atoms with van der Waals surface area (Å²) in [6.07, 6.45) is 1.46. The van der Waals surface area contributed by atoms with Gasteiger partial charge < -0.3 is 19.9 Å². The molecule has 0 fully saturated rings. The summed E-state index contributed by atoms with van der Waals surface area (Å²) in [5.41, 5.74) is 0. The number of hydrogen-bond acceptors (Lipinski definition) is 4. The van der Waals surface area contributed by atoms with Crippen LogP contribution in [0, 0.1) is 5.82 Å². The largest absolute Gasteiger partial charge is 0.481 e. The number of ether oxygens (including phenoxy) is 2. The highest BCUT2D eigenvalue weighted by Gasteiger charge is 2.20. The summed E-state index contributed by atoms with van der Waals surface area (Å²) in [4.78, 5) is 22.6. The number of benzene rings is 1. The fraction of sp³-hybridized carbons (Fsp3) is 0.286. The first kappa shape index (κ1) is 18.1. The molecule has 0 spiro atoms. The summed E-state index contributed by atoms with van der Waals surface area (Å²) in [5, 5.41) is 11.2. The first-order valence-electron chi connectivity index (χ1n) is 6.22. The summed E-state index contributed by atoms with van der Waals surface area (Å²) in [5.74, 6) is -2.68. The van der Waals surface area contributed by atoms with Gasteiger partial charge in [-0.1, -0.05) is 22.0 Å². The van der Waals surface area contributed by atoms with Crippen LogP contribution in [0.1, 0.15) is 0 Å². The van der Waals surface area contributed by atoms with E-state index in [-0.39, 0.29) is 19.0 Å². The lowest BCUT2D eigenvalue weighted by atomic mass is 10.3. The molecule has 2 N–H and O–H groups in total. The Labute approximate surface area is 135 Å². The molecule has 0 aliphatic carbocycles. The minimum absolute atomic E-state index is 0.104. The molecule has 6 nitrogen and oxygen atoms in total.